The predicted octanol–water partition coefficient (Wildman–Crippen LogP) is 2.49. The molecule has 1 aromatic heterocycles. The van der Waals surface area contributed by atoms with Gasteiger partial charge in [-0.1, -0.05) is 6.92 Å². The van der Waals surface area contributed by atoms with Crippen LogP contribution in [0.3, 0.4) is 0 Å². The molecular formula is C18H26N2O3S. The molecule has 5 atom stereocenters. The van der Waals surface area contributed by atoms with Crippen LogP contribution in [-0.4, -0.2) is 48.2 Å². The number of amides is 1. The minimum Gasteiger partial charge on any atom is -0.376 e. The molecule has 6 heteroatoms. The van der Waals surface area contributed by atoms with Gasteiger partial charge >= 0.3 is 0 Å². The highest BCUT2D eigenvalue weighted by molar-refractivity contribution is 7.09. The number of rotatable bonds is 6. The molecule has 2 saturated heterocycles. The quantitative estimate of drug-likeness (QED) is 0.740. The minimum atomic E-state index is 0.245. The maximum Gasteiger partial charge on any atom is 0.226 e. The lowest BCUT2D eigenvalue weighted by Gasteiger charge is -2.20. The molecule has 132 valence electrons. The average Bonchev–Trinajstić information content (AvgIpc) is 2.93. The van der Waals surface area contributed by atoms with Crippen molar-refractivity contribution in [2.45, 2.75) is 39.4 Å². The van der Waals surface area contributed by atoms with Gasteiger partial charge in [0, 0.05) is 36.9 Å². The van der Waals surface area contributed by atoms with E-state index in [2.05, 4.69) is 22.2 Å². The van der Waals surface area contributed by atoms with Gasteiger partial charge in [-0.3, -0.25) is 4.79 Å². The molecule has 2 aliphatic heterocycles. The molecule has 5 nitrogen and oxygen atoms in total. The fourth-order valence-electron chi connectivity index (χ4n) is 4.06. The highest BCUT2D eigenvalue weighted by Crippen LogP contribution is 2.42. The smallest absolute Gasteiger partial charge is 0.226 e. The van der Waals surface area contributed by atoms with Crippen LogP contribution in [0.2, 0.25) is 0 Å². The van der Waals surface area contributed by atoms with Crippen molar-refractivity contribution in [3.8, 4) is 0 Å². The summed E-state index contributed by atoms with van der Waals surface area (Å²) in [6.07, 6.45) is 2.32. The van der Waals surface area contributed by atoms with Crippen molar-refractivity contribution in [2.75, 3.05) is 26.3 Å². The summed E-state index contributed by atoms with van der Waals surface area (Å²) in [6.45, 7) is 8.00. The van der Waals surface area contributed by atoms with Gasteiger partial charge in [-0.25, -0.2) is 4.98 Å². The molecule has 1 aliphatic carbocycles. The lowest BCUT2D eigenvalue weighted by Crippen LogP contribution is -2.32. The summed E-state index contributed by atoms with van der Waals surface area (Å²) in [4.78, 5) is 18.9. The first-order valence-corrected chi connectivity index (χ1v) is 9.89. The van der Waals surface area contributed by atoms with Crippen molar-refractivity contribution >= 4 is 17.2 Å². The molecule has 0 bridgehead atoms. The first-order chi connectivity index (χ1) is 11.6. The van der Waals surface area contributed by atoms with Crippen LogP contribution in [0.15, 0.2) is 5.38 Å². The zero-order valence-corrected chi connectivity index (χ0v) is 15.3. The van der Waals surface area contributed by atoms with Crippen LogP contribution in [0.25, 0.3) is 0 Å². The number of ether oxygens (including phenoxy) is 2. The molecule has 4 rings (SSSR count). The fourth-order valence-corrected chi connectivity index (χ4v) is 4.66. The maximum atomic E-state index is 12.4. The highest BCUT2D eigenvalue weighted by Gasteiger charge is 2.49. The average molecular weight is 350 g/mol. The lowest BCUT2D eigenvalue weighted by molar-refractivity contribution is -0.132. The molecule has 3 aliphatic rings. The molecule has 1 saturated carbocycles. The Kier molecular flexibility index (Phi) is 4.62. The molecule has 24 heavy (non-hydrogen) atoms. The number of thiazole rings is 1. The Morgan fingerprint density at radius 2 is 2.33 bits per heavy atom. The minimum absolute atomic E-state index is 0.245. The van der Waals surface area contributed by atoms with E-state index in [-0.39, 0.29) is 12.0 Å². The van der Waals surface area contributed by atoms with Gasteiger partial charge in [-0.2, -0.15) is 0 Å². The SMILES string of the molecule is Cc1nc(COCC[C@H]2CO[C@H]3CN(C(=O)[C@H]4C[C@@H]4C)C[C@@H]23)cs1. The van der Waals surface area contributed by atoms with Crippen molar-refractivity contribution in [1.82, 2.24) is 9.88 Å². The third-order valence-electron chi connectivity index (χ3n) is 5.73. The van der Waals surface area contributed by atoms with Gasteiger partial charge in [-0.05, 0) is 31.6 Å². The van der Waals surface area contributed by atoms with Crippen LogP contribution in [0.4, 0.5) is 0 Å². The molecule has 3 fully saturated rings. The maximum absolute atomic E-state index is 12.4. The Hall–Kier alpha value is -0.980. The highest BCUT2D eigenvalue weighted by atomic mass is 32.1. The number of carbonyl (C=O) groups excluding carboxylic acids is 1. The summed E-state index contributed by atoms with van der Waals surface area (Å²) in [5.41, 5.74) is 1.02. The summed E-state index contributed by atoms with van der Waals surface area (Å²) in [7, 11) is 0. The van der Waals surface area contributed by atoms with Gasteiger partial charge in [-0.15, -0.1) is 11.3 Å². The van der Waals surface area contributed by atoms with E-state index in [1.807, 2.05) is 6.92 Å². The molecule has 3 heterocycles. The van der Waals surface area contributed by atoms with Crippen molar-refractivity contribution in [3.63, 3.8) is 0 Å². The number of likely N-dealkylation sites (tertiary alicyclic amines) is 1. The van der Waals surface area contributed by atoms with Crippen LogP contribution >= 0.6 is 11.3 Å². The standard InChI is InChI=1S/C18H26N2O3S/c1-11-5-15(11)18(21)20-6-16-13(8-23-17(16)7-20)3-4-22-9-14-10-24-12(2)19-14/h10-11,13,15-17H,3-9H2,1-2H3/t11-,13-,15-,16-,17-/m0/s1. The lowest BCUT2D eigenvalue weighted by atomic mass is 9.91. The monoisotopic (exact) mass is 350 g/mol. The molecule has 0 N–H and O–H groups in total. The second-order valence-electron chi connectivity index (χ2n) is 7.56. The molecular weight excluding hydrogens is 324 g/mol. The number of hydrogen-bond acceptors (Lipinski definition) is 5. The Balaban J connectivity index is 1.22. The molecule has 0 aromatic carbocycles. The topological polar surface area (TPSA) is 51.7 Å². The Labute approximate surface area is 147 Å². The van der Waals surface area contributed by atoms with E-state index >= 15 is 0 Å². The largest absolute Gasteiger partial charge is 0.376 e. The second-order valence-corrected chi connectivity index (χ2v) is 8.62. The predicted molar refractivity (Wildman–Crippen MR) is 91.7 cm³/mol. The number of aryl methyl sites for hydroxylation is 1. The van der Waals surface area contributed by atoms with Gasteiger partial charge in [0.25, 0.3) is 0 Å². The van der Waals surface area contributed by atoms with Crippen molar-refractivity contribution in [3.05, 3.63) is 16.1 Å². The Morgan fingerprint density at radius 1 is 1.50 bits per heavy atom. The second kappa shape index (κ2) is 6.73. The molecule has 1 aromatic rings. The number of fused-ring (bicyclic) bond motifs is 1. The zero-order valence-electron chi connectivity index (χ0n) is 14.4. The summed E-state index contributed by atoms with van der Waals surface area (Å²) in [6, 6.07) is 0. The Morgan fingerprint density at radius 3 is 3.04 bits per heavy atom. The van der Waals surface area contributed by atoms with E-state index < -0.39 is 0 Å². The molecule has 0 radical (unpaired) electrons. The molecule has 0 spiro atoms. The number of carbonyl (C=O) groups is 1. The van der Waals surface area contributed by atoms with Crippen molar-refractivity contribution < 1.29 is 14.3 Å². The summed E-state index contributed by atoms with van der Waals surface area (Å²) in [5.74, 6) is 2.23. The van der Waals surface area contributed by atoms with Gasteiger partial charge < -0.3 is 14.4 Å². The van der Waals surface area contributed by atoms with Crippen LogP contribution in [0.5, 0.6) is 0 Å². The first-order valence-electron chi connectivity index (χ1n) is 9.01. The van der Waals surface area contributed by atoms with Crippen LogP contribution < -0.4 is 0 Å². The van der Waals surface area contributed by atoms with E-state index in [1.54, 1.807) is 11.3 Å². The van der Waals surface area contributed by atoms with Crippen molar-refractivity contribution in [2.24, 2.45) is 23.7 Å². The molecule has 0 unspecified atom stereocenters. The summed E-state index contributed by atoms with van der Waals surface area (Å²) >= 11 is 1.66. The van der Waals surface area contributed by atoms with E-state index in [4.69, 9.17) is 9.47 Å². The van der Waals surface area contributed by atoms with E-state index in [0.717, 1.165) is 49.8 Å². The first kappa shape index (κ1) is 16.5. The number of aromatic nitrogens is 1. The number of nitrogens with zero attached hydrogens (tertiary/aromatic N) is 2. The summed E-state index contributed by atoms with van der Waals surface area (Å²) < 4.78 is 11.7. The third-order valence-corrected chi connectivity index (χ3v) is 6.55. The van der Waals surface area contributed by atoms with Gasteiger partial charge in [0.15, 0.2) is 0 Å². The van der Waals surface area contributed by atoms with E-state index in [0.29, 0.717) is 30.3 Å². The van der Waals surface area contributed by atoms with Crippen LogP contribution in [0.1, 0.15) is 30.5 Å². The number of hydrogen-bond donors (Lipinski definition) is 0. The van der Waals surface area contributed by atoms with Gasteiger partial charge in [0.05, 0.1) is 30.0 Å². The fraction of sp³-hybridized carbons (Fsp3) is 0.778. The van der Waals surface area contributed by atoms with Crippen molar-refractivity contribution in [1.29, 1.82) is 0 Å². The Bertz CT molecular complexity index is 605. The summed E-state index contributed by atoms with van der Waals surface area (Å²) in [5, 5.41) is 3.14. The third kappa shape index (κ3) is 3.37. The van der Waals surface area contributed by atoms with Gasteiger partial charge in [0.1, 0.15) is 0 Å². The van der Waals surface area contributed by atoms with E-state index in [9.17, 15) is 4.79 Å². The molecule has 1 amide bonds. The van der Waals surface area contributed by atoms with Crippen LogP contribution in [0, 0.1) is 30.6 Å². The van der Waals surface area contributed by atoms with Crippen LogP contribution in [-0.2, 0) is 20.9 Å². The normalized spacial score (nSPS) is 34.6. The van der Waals surface area contributed by atoms with Gasteiger partial charge in [0.2, 0.25) is 5.91 Å². The zero-order chi connectivity index (χ0) is 16.7. The van der Waals surface area contributed by atoms with E-state index in [1.165, 1.54) is 0 Å².